The van der Waals surface area contributed by atoms with Gasteiger partial charge in [-0.1, -0.05) is 0 Å². The van der Waals surface area contributed by atoms with Gasteiger partial charge in [0.25, 0.3) is 0 Å². The number of carboxylic acids is 1. The largest absolute Gasteiger partial charge is 0.480 e. The van der Waals surface area contributed by atoms with Crippen molar-refractivity contribution in [2.45, 2.75) is 11.4 Å². The zero-order chi connectivity index (χ0) is 16.0. The molecule has 0 unspecified atom stereocenters. The number of hydrogen-bond donors (Lipinski definition) is 3. The third kappa shape index (κ3) is 5.39. The fourth-order valence-corrected chi connectivity index (χ4v) is 2.29. The number of rotatable bonds is 7. The lowest BCUT2D eigenvalue weighted by Crippen LogP contribution is -2.39. The van der Waals surface area contributed by atoms with E-state index in [4.69, 9.17) is 5.11 Å². The summed E-state index contributed by atoms with van der Waals surface area (Å²) < 4.78 is 27.0. The fraction of sp³-hybridized carbons (Fsp3) is 0.500. The van der Waals surface area contributed by atoms with Crippen LogP contribution >= 0.6 is 0 Å². The predicted molar refractivity (Wildman–Crippen MR) is 72.1 cm³/mol. The van der Waals surface area contributed by atoms with Crippen LogP contribution in [0.25, 0.3) is 0 Å². The average Bonchev–Trinajstić information content (AvgIpc) is 2.82. The highest BCUT2D eigenvalue weighted by Crippen LogP contribution is 2.06. The minimum absolute atomic E-state index is 0.00598. The molecule has 118 valence electrons. The van der Waals surface area contributed by atoms with Gasteiger partial charge in [0.15, 0.2) is 0 Å². The third-order valence-electron chi connectivity index (χ3n) is 2.32. The zero-order valence-corrected chi connectivity index (χ0v) is 12.4. The Morgan fingerprint density at radius 2 is 2.05 bits per heavy atom. The van der Waals surface area contributed by atoms with E-state index in [9.17, 15) is 18.0 Å². The molecule has 0 aliphatic heterocycles. The molecule has 11 heteroatoms. The van der Waals surface area contributed by atoms with Gasteiger partial charge >= 0.3 is 12.0 Å². The van der Waals surface area contributed by atoms with E-state index in [0.29, 0.717) is 0 Å². The Kier molecular flexibility index (Phi) is 5.67. The first-order valence-corrected chi connectivity index (χ1v) is 7.40. The smallest absolute Gasteiger partial charge is 0.325 e. The molecule has 1 rings (SSSR count). The maximum atomic E-state index is 11.9. The molecule has 0 aromatic carbocycles. The maximum Gasteiger partial charge on any atom is 0.325 e. The number of aliphatic carboxylic acids is 1. The van der Waals surface area contributed by atoms with E-state index in [0.717, 1.165) is 17.1 Å². The number of nitrogens with zero attached hydrogens (tertiary/aromatic N) is 3. The Labute approximate surface area is 121 Å². The van der Waals surface area contributed by atoms with Crippen molar-refractivity contribution in [2.24, 2.45) is 0 Å². The lowest BCUT2D eigenvalue weighted by atomic mass is 10.6. The van der Waals surface area contributed by atoms with E-state index in [1.54, 1.807) is 14.1 Å². The summed E-state index contributed by atoms with van der Waals surface area (Å²) in [5, 5.41) is 14.7. The minimum atomic E-state index is -3.78. The van der Waals surface area contributed by atoms with Gasteiger partial charge in [0, 0.05) is 33.4 Å². The van der Waals surface area contributed by atoms with Gasteiger partial charge in [0.2, 0.25) is 10.0 Å². The van der Waals surface area contributed by atoms with Crippen molar-refractivity contribution in [2.75, 3.05) is 27.2 Å². The molecule has 0 aliphatic rings. The summed E-state index contributed by atoms with van der Waals surface area (Å²) in [4.78, 5) is 22.9. The van der Waals surface area contributed by atoms with Crippen molar-refractivity contribution in [3.63, 3.8) is 0 Å². The van der Waals surface area contributed by atoms with Crippen molar-refractivity contribution in [1.82, 2.24) is 24.7 Å². The van der Waals surface area contributed by atoms with Gasteiger partial charge in [-0.2, -0.15) is 5.10 Å². The number of amides is 2. The number of aromatic nitrogens is 2. The number of carboxylic acid groups (broad SMARTS) is 1. The van der Waals surface area contributed by atoms with Gasteiger partial charge in [-0.25, -0.2) is 17.9 Å². The topological polar surface area (TPSA) is 134 Å². The molecule has 1 aromatic rings. The predicted octanol–water partition coefficient (Wildman–Crippen LogP) is -1.48. The summed E-state index contributed by atoms with van der Waals surface area (Å²) in [6.07, 6.45) is 2.18. The van der Waals surface area contributed by atoms with Crippen molar-refractivity contribution in [1.29, 1.82) is 0 Å². The van der Waals surface area contributed by atoms with E-state index >= 15 is 0 Å². The van der Waals surface area contributed by atoms with Gasteiger partial charge in [-0.15, -0.1) is 0 Å². The Hall–Kier alpha value is -2.14. The summed E-state index contributed by atoms with van der Waals surface area (Å²) >= 11 is 0. The second kappa shape index (κ2) is 7.04. The van der Waals surface area contributed by atoms with Gasteiger partial charge in [-0.05, 0) is 0 Å². The SMILES string of the molecule is CN(C)C(=O)NCCNS(=O)(=O)c1cnn(CC(=O)O)c1. The number of urea groups is 1. The minimum Gasteiger partial charge on any atom is -0.480 e. The normalized spacial score (nSPS) is 11.1. The maximum absolute atomic E-state index is 11.9. The molecular weight excluding hydrogens is 302 g/mol. The molecule has 2 amide bonds. The molecule has 0 bridgehead atoms. The first-order chi connectivity index (χ1) is 9.72. The van der Waals surface area contributed by atoms with Gasteiger partial charge in [-0.3, -0.25) is 9.48 Å². The third-order valence-corrected chi connectivity index (χ3v) is 3.73. The van der Waals surface area contributed by atoms with E-state index < -0.39 is 22.5 Å². The Morgan fingerprint density at radius 3 is 2.62 bits per heavy atom. The zero-order valence-electron chi connectivity index (χ0n) is 11.6. The van der Waals surface area contributed by atoms with E-state index in [2.05, 4.69) is 15.1 Å². The van der Waals surface area contributed by atoms with Crippen LogP contribution in [0.15, 0.2) is 17.3 Å². The van der Waals surface area contributed by atoms with Crippen LogP contribution in [0.5, 0.6) is 0 Å². The van der Waals surface area contributed by atoms with Crippen LogP contribution < -0.4 is 10.0 Å². The first-order valence-electron chi connectivity index (χ1n) is 5.91. The molecule has 21 heavy (non-hydrogen) atoms. The van der Waals surface area contributed by atoms with E-state index in [1.165, 1.54) is 4.90 Å². The monoisotopic (exact) mass is 319 g/mol. The number of nitrogens with one attached hydrogen (secondary N) is 2. The molecular formula is C10H17N5O5S. The molecule has 0 spiro atoms. The second-order valence-corrected chi connectivity index (χ2v) is 6.06. The van der Waals surface area contributed by atoms with Crippen LogP contribution in [0.2, 0.25) is 0 Å². The quantitative estimate of drug-likeness (QED) is 0.525. The van der Waals surface area contributed by atoms with Crippen LogP contribution in [0.3, 0.4) is 0 Å². The molecule has 0 saturated heterocycles. The first kappa shape index (κ1) is 16.9. The highest BCUT2D eigenvalue weighted by Gasteiger charge is 2.16. The van der Waals surface area contributed by atoms with Crippen molar-refractivity contribution in [3.05, 3.63) is 12.4 Å². The summed E-state index contributed by atoms with van der Waals surface area (Å²) in [5.74, 6) is -1.12. The summed E-state index contributed by atoms with van der Waals surface area (Å²) in [5.41, 5.74) is 0. The lowest BCUT2D eigenvalue weighted by molar-refractivity contribution is -0.137. The molecule has 0 aliphatic carbocycles. The average molecular weight is 319 g/mol. The molecule has 0 radical (unpaired) electrons. The Bertz CT molecular complexity index is 609. The Balaban J connectivity index is 2.52. The summed E-state index contributed by atoms with van der Waals surface area (Å²) in [6, 6.07) is -0.330. The molecule has 0 saturated carbocycles. The summed E-state index contributed by atoms with van der Waals surface area (Å²) in [7, 11) is -0.653. The number of sulfonamides is 1. The van der Waals surface area contributed by atoms with Gasteiger partial charge in [0.1, 0.15) is 11.4 Å². The van der Waals surface area contributed by atoms with Crippen molar-refractivity contribution in [3.8, 4) is 0 Å². The molecule has 3 N–H and O–H groups in total. The van der Waals surface area contributed by atoms with Crippen molar-refractivity contribution < 1.29 is 23.1 Å². The molecule has 0 fully saturated rings. The molecule has 1 heterocycles. The highest BCUT2D eigenvalue weighted by molar-refractivity contribution is 7.89. The van der Waals surface area contributed by atoms with Gasteiger partial charge < -0.3 is 15.3 Å². The lowest BCUT2D eigenvalue weighted by Gasteiger charge is -2.12. The van der Waals surface area contributed by atoms with Gasteiger partial charge in [0.05, 0.1) is 6.20 Å². The highest BCUT2D eigenvalue weighted by atomic mass is 32.2. The van der Waals surface area contributed by atoms with Crippen molar-refractivity contribution >= 4 is 22.0 Å². The van der Waals surface area contributed by atoms with Crippen LogP contribution in [0.4, 0.5) is 4.79 Å². The van der Waals surface area contributed by atoms with Crippen LogP contribution in [0.1, 0.15) is 0 Å². The Morgan fingerprint density at radius 1 is 1.38 bits per heavy atom. The fourth-order valence-electron chi connectivity index (χ4n) is 1.30. The summed E-state index contributed by atoms with van der Waals surface area (Å²) in [6.45, 7) is -0.292. The number of carbonyl (C=O) groups excluding carboxylic acids is 1. The second-order valence-electron chi connectivity index (χ2n) is 4.29. The van der Waals surface area contributed by atoms with Crippen LogP contribution in [0, 0.1) is 0 Å². The molecule has 10 nitrogen and oxygen atoms in total. The van der Waals surface area contributed by atoms with E-state index in [-0.39, 0.29) is 24.0 Å². The standard InChI is InChI=1S/C10H17N5O5S/c1-14(2)10(18)11-3-4-13-21(19,20)8-5-12-15(6-8)7-9(16)17/h5-6,13H,3-4,7H2,1-2H3,(H,11,18)(H,16,17). The van der Waals surface area contributed by atoms with Crippen LogP contribution in [-0.2, 0) is 21.4 Å². The van der Waals surface area contributed by atoms with Crippen LogP contribution in [-0.4, -0.2) is 67.4 Å². The number of hydrogen-bond acceptors (Lipinski definition) is 5. The number of carbonyl (C=O) groups is 2. The molecule has 1 aromatic heterocycles. The molecule has 0 atom stereocenters. The van der Waals surface area contributed by atoms with E-state index in [1.807, 2.05) is 0 Å².